The summed E-state index contributed by atoms with van der Waals surface area (Å²) in [6.07, 6.45) is 0. The van der Waals surface area contributed by atoms with Crippen LogP contribution in [0.4, 0.5) is 11.4 Å². The van der Waals surface area contributed by atoms with Gasteiger partial charge >= 0.3 is 0 Å². The molecule has 0 aromatic heterocycles. The van der Waals surface area contributed by atoms with E-state index < -0.39 is 0 Å². The number of hydrogen-bond donors (Lipinski definition) is 0. The largest absolute Gasteiger partial charge is 0.277 e. The van der Waals surface area contributed by atoms with Crippen LogP contribution in [0.2, 0.25) is 15.1 Å². The quantitative estimate of drug-likeness (QED) is 0.666. The Morgan fingerprint density at radius 1 is 1.00 bits per heavy atom. The Hall–Kier alpha value is -0.930. The minimum atomic E-state index is -0.330. The Balaban J connectivity index is 2.62. The molecule has 0 unspecified atom stereocenters. The number of benzene rings is 2. The second-order valence-electron chi connectivity index (χ2n) is 3.92. The molecule has 2 rings (SSSR count). The minimum Gasteiger partial charge on any atom is -0.277 e. The molecule has 0 heterocycles. The van der Waals surface area contributed by atoms with Gasteiger partial charge in [0.15, 0.2) is 0 Å². The van der Waals surface area contributed by atoms with E-state index in [4.69, 9.17) is 46.4 Å². The van der Waals surface area contributed by atoms with Crippen molar-refractivity contribution in [2.75, 3.05) is 10.8 Å². The van der Waals surface area contributed by atoms with Crippen LogP contribution >= 0.6 is 46.4 Å². The first-order valence-corrected chi connectivity index (χ1v) is 7.30. The van der Waals surface area contributed by atoms with Crippen molar-refractivity contribution >= 4 is 63.7 Å². The van der Waals surface area contributed by atoms with E-state index in [2.05, 4.69) is 0 Å². The van der Waals surface area contributed by atoms with Crippen LogP contribution in [-0.4, -0.2) is 11.8 Å². The van der Waals surface area contributed by atoms with Crippen molar-refractivity contribution in [3.63, 3.8) is 0 Å². The van der Waals surface area contributed by atoms with E-state index in [1.54, 1.807) is 12.1 Å². The van der Waals surface area contributed by atoms with E-state index in [1.165, 1.54) is 17.0 Å². The fourth-order valence-corrected chi connectivity index (χ4v) is 2.89. The molecule has 0 saturated heterocycles. The molecule has 2 aromatic rings. The summed E-state index contributed by atoms with van der Waals surface area (Å²) in [6.45, 7) is 0. The fourth-order valence-electron chi connectivity index (χ4n) is 1.78. The van der Waals surface area contributed by atoms with E-state index in [9.17, 15) is 4.79 Å². The topological polar surface area (TPSA) is 20.3 Å². The molecule has 0 saturated carbocycles. The van der Waals surface area contributed by atoms with Gasteiger partial charge in [0, 0.05) is 10.7 Å². The summed E-state index contributed by atoms with van der Waals surface area (Å²) in [5.41, 5.74) is 0.999. The lowest BCUT2D eigenvalue weighted by molar-refractivity contribution is -0.115. The normalized spacial score (nSPS) is 10.4. The molecule has 0 aliphatic rings. The highest BCUT2D eigenvalue weighted by Gasteiger charge is 2.22. The molecule has 104 valence electrons. The van der Waals surface area contributed by atoms with Crippen LogP contribution < -0.4 is 4.90 Å². The average molecular weight is 349 g/mol. The molecule has 6 heteroatoms. The van der Waals surface area contributed by atoms with Gasteiger partial charge in [-0.25, -0.2) is 0 Å². The Morgan fingerprint density at radius 2 is 1.55 bits per heavy atom. The highest BCUT2D eigenvalue weighted by molar-refractivity contribution is 6.43. The van der Waals surface area contributed by atoms with E-state index in [-0.39, 0.29) is 21.8 Å². The summed E-state index contributed by atoms with van der Waals surface area (Å²) in [5, 5.41) is 0.963. The molecule has 0 radical (unpaired) electrons. The monoisotopic (exact) mass is 347 g/mol. The Kier molecular flexibility index (Phi) is 5.17. The number of nitrogens with zero attached hydrogens (tertiary/aromatic N) is 1. The Morgan fingerprint density at radius 3 is 2.05 bits per heavy atom. The smallest absolute Gasteiger partial charge is 0.246 e. The summed E-state index contributed by atoms with van der Waals surface area (Å²) >= 11 is 23.9. The first-order chi connectivity index (χ1) is 9.54. The second-order valence-corrected chi connectivity index (χ2v) is 5.43. The van der Waals surface area contributed by atoms with Crippen LogP contribution in [0.3, 0.4) is 0 Å². The summed E-state index contributed by atoms with van der Waals surface area (Å²) in [6, 6.07) is 12.1. The minimum absolute atomic E-state index is 0.190. The standard InChI is InChI=1S/C14H9Cl4NO/c15-8-13(20)19(10-4-2-1-3-5-10)14-11(17)6-9(16)7-12(14)18/h1-7H,8H2. The maximum absolute atomic E-state index is 12.1. The SMILES string of the molecule is O=C(CCl)N(c1ccccc1)c1c(Cl)cc(Cl)cc1Cl. The maximum atomic E-state index is 12.1. The van der Waals surface area contributed by atoms with Crippen LogP contribution in [-0.2, 0) is 4.79 Å². The number of anilines is 2. The van der Waals surface area contributed by atoms with Gasteiger partial charge in [-0.3, -0.25) is 9.69 Å². The molecule has 2 aromatic carbocycles. The van der Waals surface area contributed by atoms with Crippen LogP contribution in [0.15, 0.2) is 42.5 Å². The predicted octanol–water partition coefficient (Wildman–Crippen LogP) is 5.55. The number of halogens is 4. The first-order valence-electron chi connectivity index (χ1n) is 5.63. The van der Waals surface area contributed by atoms with Crippen molar-refractivity contribution < 1.29 is 4.79 Å². The van der Waals surface area contributed by atoms with Gasteiger partial charge in [-0.2, -0.15) is 0 Å². The van der Waals surface area contributed by atoms with Crippen LogP contribution in [0.1, 0.15) is 0 Å². The number of para-hydroxylation sites is 1. The molecule has 0 spiro atoms. The highest BCUT2D eigenvalue weighted by atomic mass is 35.5. The Bertz CT molecular complexity index is 607. The third-order valence-corrected chi connectivity index (χ3v) is 3.61. The van der Waals surface area contributed by atoms with E-state index in [1.807, 2.05) is 18.2 Å². The van der Waals surface area contributed by atoms with Gasteiger partial charge in [0.2, 0.25) is 5.91 Å². The number of hydrogen-bond acceptors (Lipinski definition) is 1. The fraction of sp³-hybridized carbons (Fsp3) is 0.0714. The number of rotatable bonds is 3. The summed E-state index contributed by atoms with van der Waals surface area (Å²) in [4.78, 5) is 13.5. The molecule has 2 nitrogen and oxygen atoms in total. The molecule has 0 bridgehead atoms. The van der Waals surface area contributed by atoms with Gasteiger partial charge in [-0.15, -0.1) is 11.6 Å². The maximum Gasteiger partial charge on any atom is 0.246 e. The van der Waals surface area contributed by atoms with Crippen LogP contribution in [0, 0.1) is 0 Å². The lowest BCUT2D eigenvalue weighted by Gasteiger charge is -2.24. The van der Waals surface area contributed by atoms with Crippen molar-refractivity contribution in [3.05, 3.63) is 57.5 Å². The molecule has 1 amide bonds. The summed E-state index contributed by atoms with van der Waals surface area (Å²) < 4.78 is 0. The third kappa shape index (κ3) is 3.21. The molecule has 0 aliphatic carbocycles. The lowest BCUT2D eigenvalue weighted by Crippen LogP contribution is -2.27. The zero-order valence-electron chi connectivity index (χ0n) is 10.1. The van der Waals surface area contributed by atoms with Crippen molar-refractivity contribution in [1.82, 2.24) is 0 Å². The molecule has 0 fully saturated rings. The first kappa shape index (κ1) is 15.5. The van der Waals surface area contributed by atoms with Crippen molar-refractivity contribution in [2.24, 2.45) is 0 Å². The van der Waals surface area contributed by atoms with Crippen molar-refractivity contribution in [2.45, 2.75) is 0 Å². The predicted molar refractivity (Wildman–Crippen MR) is 85.8 cm³/mol. The number of carbonyl (C=O) groups is 1. The molecular weight excluding hydrogens is 340 g/mol. The average Bonchev–Trinajstić information content (AvgIpc) is 2.42. The summed E-state index contributed by atoms with van der Waals surface area (Å²) in [7, 11) is 0. The molecule has 0 aliphatic heterocycles. The zero-order chi connectivity index (χ0) is 14.7. The molecular formula is C14H9Cl4NO. The third-order valence-electron chi connectivity index (χ3n) is 2.58. The highest BCUT2D eigenvalue weighted by Crippen LogP contribution is 2.40. The van der Waals surface area contributed by atoms with E-state index in [0.717, 1.165) is 0 Å². The van der Waals surface area contributed by atoms with Crippen molar-refractivity contribution in [1.29, 1.82) is 0 Å². The molecule has 0 N–H and O–H groups in total. The number of amides is 1. The van der Waals surface area contributed by atoms with Crippen molar-refractivity contribution in [3.8, 4) is 0 Å². The van der Waals surface area contributed by atoms with Crippen LogP contribution in [0.25, 0.3) is 0 Å². The van der Waals surface area contributed by atoms with E-state index in [0.29, 0.717) is 16.4 Å². The van der Waals surface area contributed by atoms with Gasteiger partial charge in [-0.1, -0.05) is 53.0 Å². The van der Waals surface area contributed by atoms with E-state index >= 15 is 0 Å². The van der Waals surface area contributed by atoms with Crippen LogP contribution in [0.5, 0.6) is 0 Å². The molecule has 0 atom stereocenters. The van der Waals surface area contributed by atoms with Gasteiger partial charge in [0.1, 0.15) is 5.88 Å². The Labute approximate surface area is 136 Å². The number of carbonyl (C=O) groups excluding carboxylic acids is 1. The molecule has 20 heavy (non-hydrogen) atoms. The van der Waals surface area contributed by atoms with Gasteiger partial charge in [0.05, 0.1) is 15.7 Å². The zero-order valence-corrected chi connectivity index (χ0v) is 13.1. The van der Waals surface area contributed by atoms with Gasteiger partial charge in [-0.05, 0) is 24.3 Å². The van der Waals surface area contributed by atoms with Gasteiger partial charge < -0.3 is 0 Å². The second kappa shape index (κ2) is 6.68. The number of alkyl halides is 1. The van der Waals surface area contributed by atoms with Gasteiger partial charge in [0.25, 0.3) is 0 Å². The lowest BCUT2D eigenvalue weighted by atomic mass is 10.2. The summed E-state index contributed by atoms with van der Waals surface area (Å²) in [5.74, 6) is -0.520.